The summed E-state index contributed by atoms with van der Waals surface area (Å²) in [5.41, 5.74) is 2.70. The highest BCUT2D eigenvalue weighted by Gasteiger charge is 2.65. The number of carbonyl (C=O) groups excluding carboxylic acids is 1. The molecule has 6 rings (SSSR count). The maximum atomic E-state index is 14.1. The SMILES string of the molecule is CO[C@]12C[C@H](c3c(-c4cnc(-c5c[nH]c6cc(Br)ccc56)cn4)cn(COCC[Si](C)(C)C)c3C1=O)[C@](C)(C(=O)O)C2. The number of benzene rings is 1. The molecule has 0 aliphatic heterocycles. The van der Waals surface area contributed by atoms with Gasteiger partial charge in [0.2, 0.25) is 5.78 Å². The fraction of sp³-hybridized carbons (Fsp3) is 0.419. The first-order valence-corrected chi connectivity index (χ1v) is 18.6. The lowest BCUT2D eigenvalue weighted by Crippen LogP contribution is -2.42. The van der Waals surface area contributed by atoms with Gasteiger partial charge in [-0.1, -0.05) is 41.6 Å². The van der Waals surface area contributed by atoms with E-state index in [-0.39, 0.29) is 18.9 Å². The molecule has 0 unspecified atom stereocenters. The lowest BCUT2D eigenvalue weighted by atomic mass is 9.74. The van der Waals surface area contributed by atoms with Gasteiger partial charge in [-0.3, -0.25) is 19.6 Å². The molecule has 0 saturated heterocycles. The van der Waals surface area contributed by atoms with Crippen molar-refractivity contribution in [1.29, 1.82) is 0 Å². The number of ether oxygens (including phenoxy) is 2. The Bertz CT molecular complexity index is 1710. The zero-order valence-electron chi connectivity index (χ0n) is 24.5. The van der Waals surface area contributed by atoms with Crippen molar-refractivity contribution in [2.75, 3.05) is 13.7 Å². The van der Waals surface area contributed by atoms with Crippen LogP contribution in [0.5, 0.6) is 0 Å². The van der Waals surface area contributed by atoms with Crippen LogP contribution < -0.4 is 0 Å². The van der Waals surface area contributed by atoms with E-state index in [9.17, 15) is 14.7 Å². The van der Waals surface area contributed by atoms with Crippen molar-refractivity contribution in [3.05, 3.63) is 58.7 Å². The minimum atomic E-state index is -1.30. The number of carboxylic acids is 1. The fourth-order valence-electron chi connectivity index (χ4n) is 6.57. The molecule has 2 aliphatic rings. The van der Waals surface area contributed by atoms with Crippen LogP contribution in [0.4, 0.5) is 0 Å². The van der Waals surface area contributed by atoms with Crippen molar-refractivity contribution in [1.82, 2.24) is 19.5 Å². The smallest absolute Gasteiger partial charge is 0.310 e. The van der Waals surface area contributed by atoms with E-state index in [0.717, 1.165) is 27.0 Å². The molecule has 2 bridgehead atoms. The summed E-state index contributed by atoms with van der Waals surface area (Å²) >= 11 is 3.51. The van der Waals surface area contributed by atoms with Gasteiger partial charge in [0.1, 0.15) is 12.3 Å². The Balaban J connectivity index is 1.43. The van der Waals surface area contributed by atoms with Gasteiger partial charge in [0.05, 0.1) is 34.9 Å². The van der Waals surface area contributed by atoms with E-state index in [1.165, 1.54) is 7.11 Å². The maximum Gasteiger partial charge on any atom is 0.310 e. The Labute approximate surface area is 253 Å². The molecule has 3 atom stereocenters. The van der Waals surface area contributed by atoms with Crippen LogP contribution in [0, 0.1) is 5.41 Å². The lowest BCUT2D eigenvalue weighted by molar-refractivity contribution is -0.149. The number of carbonyl (C=O) groups is 2. The zero-order valence-corrected chi connectivity index (χ0v) is 27.0. The number of H-pyrrole nitrogens is 1. The van der Waals surface area contributed by atoms with Crippen LogP contribution in [0.3, 0.4) is 0 Å². The first-order chi connectivity index (χ1) is 19.9. The van der Waals surface area contributed by atoms with Gasteiger partial charge in [0.25, 0.3) is 0 Å². The summed E-state index contributed by atoms with van der Waals surface area (Å²) in [5.74, 6) is -1.57. The highest BCUT2D eigenvalue weighted by atomic mass is 79.9. The normalized spacial score (nSPS) is 23.5. The molecule has 1 fully saturated rings. The second-order valence-electron chi connectivity index (χ2n) is 13.0. The summed E-state index contributed by atoms with van der Waals surface area (Å²) in [6.45, 7) is 9.37. The van der Waals surface area contributed by atoms with Crippen LogP contribution in [-0.2, 0) is 21.0 Å². The van der Waals surface area contributed by atoms with Gasteiger partial charge in [0.15, 0.2) is 0 Å². The summed E-state index contributed by atoms with van der Waals surface area (Å²) in [5, 5.41) is 11.4. The molecule has 0 spiro atoms. The molecule has 220 valence electrons. The number of methoxy groups -OCH3 is 1. The number of hydrogen-bond donors (Lipinski definition) is 2. The highest BCUT2D eigenvalue weighted by molar-refractivity contribution is 9.10. The second-order valence-corrected chi connectivity index (χ2v) is 19.5. The molecular formula is C31H35BrN4O5Si. The number of aromatic amines is 1. The Hall–Kier alpha value is -3.12. The number of aliphatic carboxylic acids is 1. The van der Waals surface area contributed by atoms with Gasteiger partial charge in [-0.05, 0) is 37.1 Å². The molecule has 11 heteroatoms. The van der Waals surface area contributed by atoms with Crippen molar-refractivity contribution in [3.63, 3.8) is 0 Å². The molecule has 9 nitrogen and oxygen atoms in total. The largest absolute Gasteiger partial charge is 0.481 e. The van der Waals surface area contributed by atoms with E-state index >= 15 is 0 Å². The molecule has 0 radical (unpaired) electrons. The third-order valence-electron chi connectivity index (χ3n) is 9.00. The van der Waals surface area contributed by atoms with E-state index in [4.69, 9.17) is 19.4 Å². The molecule has 1 aromatic carbocycles. The maximum absolute atomic E-state index is 14.1. The lowest BCUT2D eigenvalue weighted by Gasteiger charge is -2.31. The van der Waals surface area contributed by atoms with Crippen LogP contribution in [0.1, 0.15) is 41.7 Å². The zero-order chi connectivity index (χ0) is 30.0. The summed E-state index contributed by atoms with van der Waals surface area (Å²) in [6, 6.07) is 7.02. The monoisotopic (exact) mass is 650 g/mol. The number of carboxylic acid groups (broad SMARTS) is 1. The van der Waals surface area contributed by atoms with Crippen molar-refractivity contribution in [2.45, 2.75) is 63.7 Å². The highest BCUT2D eigenvalue weighted by Crippen LogP contribution is 2.61. The van der Waals surface area contributed by atoms with Crippen LogP contribution in [0.2, 0.25) is 25.7 Å². The first kappa shape index (κ1) is 29.0. The number of ketones is 1. The number of hydrogen-bond acceptors (Lipinski definition) is 6. The molecule has 1 saturated carbocycles. The molecule has 2 aliphatic carbocycles. The van der Waals surface area contributed by atoms with Crippen LogP contribution >= 0.6 is 15.9 Å². The Kier molecular flexibility index (Phi) is 7.07. The molecule has 0 amide bonds. The Morgan fingerprint density at radius 1 is 1.21 bits per heavy atom. The average Bonchev–Trinajstić information content (AvgIpc) is 3.61. The molecule has 3 aromatic heterocycles. The van der Waals surface area contributed by atoms with Crippen molar-refractivity contribution >= 4 is 46.7 Å². The minimum absolute atomic E-state index is 0.112. The van der Waals surface area contributed by atoms with Crippen molar-refractivity contribution in [2.24, 2.45) is 5.41 Å². The summed E-state index contributed by atoms with van der Waals surface area (Å²) in [4.78, 5) is 39.6. The van der Waals surface area contributed by atoms with Crippen LogP contribution in [0.15, 0.2) is 47.5 Å². The third kappa shape index (κ3) is 4.66. The van der Waals surface area contributed by atoms with Gasteiger partial charge in [-0.15, -0.1) is 0 Å². The van der Waals surface area contributed by atoms with Crippen molar-refractivity contribution < 1.29 is 24.2 Å². The van der Waals surface area contributed by atoms with Gasteiger partial charge >= 0.3 is 5.97 Å². The predicted molar refractivity (Wildman–Crippen MR) is 166 cm³/mol. The number of nitrogens with zero attached hydrogens (tertiary/aromatic N) is 3. The fourth-order valence-corrected chi connectivity index (χ4v) is 7.69. The Morgan fingerprint density at radius 3 is 2.57 bits per heavy atom. The molecule has 4 aromatic rings. The van der Waals surface area contributed by atoms with Crippen molar-refractivity contribution in [3.8, 4) is 22.5 Å². The first-order valence-electron chi connectivity index (χ1n) is 14.1. The van der Waals surface area contributed by atoms with Crippen LogP contribution in [0.25, 0.3) is 33.4 Å². The number of halogens is 1. The summed E-state index contributed by atoms with van der Waals surface area (Å²) < 4.78 is 14.7. The van der Waals surface area contributed by atoms with E-state index in [1.807, 2.05) is 35.2 Å². The second kappa shape index (κ2) is 10.3. The number of rotatable bonds is 9. The Morgan fingerprint density at radius 2 is 1.93 bits per heavy atom. The number of aromatic nitrogens is 4. The quantitative estimate of drug-likeness (QED) is 0.152. The van der Waals surface area contributed by atoms with E-state index < -0.39 is 31.0 Å². The molecule has 2 N–H and O–H groups in total. The van der Waals surface area contributed by atoms with E-state index in [2.05, 4.69) is 40.6 Å². The number of nitrogens with one attached hydrogen (secondary N) is 1. The molecular weight excluding hydrogens is 616 g/mol. The van der Waals surface area contributed by atoms with E-state index in [1.54, 1.807) is 19.3 Å². The molecule has 3 heterocycles. The minimum Gasteiger partial charge on any atom is -0.481 e. The molecule has 42 heavy (non-hydrogen) atoms. The average molecular weight is 652 g/mol. The van der Waals surface area contributed by atoms with Gasteiger partial charge in [-0.2, -0.15) is 0 Å². The standard InChI is InChI=1S/C31H35BrN4O5Si/c1-30(29(38)39)16-31(40-2)11-22(30)26-21(15-36(27(26)28(31)37)17-41-8-9-42(3,4)5)25-14-34-24(13-35-25)20-12-33-23-10-18(32)6-7-19(20)23/h6-7,10,12-15,22,33H,8-9,11,16-17H2,1-5H3,(H,38,39)/t22-,30-,31+/m1/s1. The van der Waals surface area contributed by atoms with E-state index in [0.29, 0.717) is 41.2 Å². The van der Waals surface area contributed by atoms with Gasteiger partial charge in [0, 0.05) is 73.0 Å². The number of Topliss-reactive ketones (excluding diaryl/α,β-unsaturated/α-hetero) is 1. The predicted octanol–water partition coefficient (Wildman–Crippen LogP) is 6.72. The third-order valence-corrected chi connectivity index (χ3v) is 11.2. The topological polar surface area (TPSA) is 119 Å². The summed E-state index contributed by atoms with van der Waals surface area (Å²) in [6.07, 6.45) is 7.63. The summed E-state index contributed by atoms with van der Waals surface area (Å²) in [7, 11) is 0.196. The number of fused-ring (bicyclic) bond motifs is 5. The van der Waals surface area contributed by atoms with Gasteiger partial charge in [-0.25, -0.2) is 0 Å². The van der Waals surface area contributed by atoms with Gasteiger partial charge < -0.3 is 24.1 Å². The van der Waals surface area contributed by atoms with Crippen LogP contribution in [-0.4, -0.2) is 63.8 Å².